The molecule has 0 amide bonds. The summed E-state index contributed by atoms with van der Waals surface area (Å²) in [6.45, 7) is 9.24. The lowest BCUT2D eigenvalue weighted by Gasteiger charge is -2.61. The first-order valence-electron chi connectivity index (χ1n) is 15.3. The fraction of sp³-hybridized carbons (Fsp3) is 0.781. The number of hydrogen-bond acceptors (Lipinski definition) is 4. The fourth-order valence-electron chi connectivity index (χ4n) is 9.86. The van der Waals surface area contributed by atoms with Crippen molar-refractivity contribution >= 4 is 5.78 Å². The maximum Gasteiger partial charge on any atom is 0.416 e. The fourth-order valence-corrected chi connectivity index (χ4v) is 9.86. The van der Waals surface area contributed by atoms with Crippen LogP contribution in [0, 0.1) is 34.5 Å². The molecule has 7 heteroatoms. The van der Waals surface area contributed by atoms with Crippen LogP contribution in [0.1, 0.15) is 82.8 Å². The lowest BCUT2D eigenvalue weighted by molar-refractivity contribution is -0.158. The van der Waals surface area contributed by atoms with E-state index >= 15 is 0 Å². The zero-order valence-electron chi connectivity index (χ0n) is 23.6. The zero-order valence-corrected chi connectivity index (χ0v) is 23.6. The molecule has 4 saturated carbocycles. The Morgan fingerprint density at radius 1 is 0.949 bits per heavy atom. The first kappa shape index (κ1) is 27.7. The van der Waals surface area contributed by atoms with E-state index in [1.54, 1.807) is 6.07 Å². The van der Waals surface area contributed by atoms with Crippen molar-refractivity contribution in [2.24, 2.45) is 34.5 Å². The van der Waals surface area contributed by atoms with Crippen LogP contribution < -0.4 is 0 Å². The van der Waals surface area contributed by atoms with Crippen molar-refractivity contribution in [3.05, 3.63) is 35.4 Å². The zero-order chi connectivity index (χ0) is 27.6. The van der Waals surface area contributed by atoms with Gasteiger partial charge in [0.1, 0.15) is 5.78 Å². The van der Waals surface area contributed by atoms with Crippen LogP contribution in [0.15, 0.2) is 24.3 Å². The number of alkyl halides is 3. The highest BCUT2D eigenvalue weighted by atomic mass is 19.4. The lowest BCUT2D eigenvalue weighted by Crippen LogP contribution is -2.59. The van der Waals surface area contributed by atoms with Gasteiger partial charge in [0.25, 0.3) is 0 Å². The third-order valence-corrected chi connectivity index (χ3v) is 12.2. The van der Waals surface area contributed by atoms with Crippen LogP contribution in [0.3, 0.4) is 0 Å². The van der Waals surface area contributed by atoms with Gasteiger partial charge in [-0.3, -0.25) is 14.6 Å². The Morgan fingerprint density at radius 3 is 2.44 bits per heavy atom. The summed E-state index contributed by atoms with van der Waals surface area (Å²) in [7, 11) is 0. The molecule has 0 bridgehead atoms. The Kier molecular flexibility index (Phi) is 6.99. The number of rotatable bonds is 4. The smallest absolute Gasteiger partial charge is 0.389 e. The number of nitrogens with zero attached hydrogens (tertiary/aromatic N) is 2. The molecule has 5 aliphatic rings. The molecule has 4 aliphatic carbocycles. The minimum Gasteiger partial charge on any atom is -0.389 e. The number of piperazine rings is 1. The van der Waals surface area contributed by atoms with Gasteiger partial charge in [-0.1, -0.05) is 32.0 Å². The van der Waals surface area contributed by atoms with E-state index in [1.165, 1.54) is 31.4 Å². The van der Waals surface area contributed by atoms with Crippen molar-refractivity contribution in [3.8, 4) is 0 Å². The average Bonchev–Trinajstić information content (AvgIpc) is 3.20. The van der Waals surface area contributed by atoms with Gasteiger partial charge < -0.3 is 5.11 Å². The number of halogens is 3. The highest BCUT2D eigenvalue weighted by Gasteiger charge is 2.61. The summed E-state index contributed by atoms with van der Waals surface area (Å²) in [5.74, 6) is 2.97. The number of Topliss-reactive ketones (excluding diaryl/α,β-unsaturated/α-hetero) is 1. The molecule has 1 aromatic rings. The number of fused-ring (bicyclic) bond motifs is 5. The predicted octanol–water partition coefficient (Wildman–Crippen LogP) is 6.17. The first-order valence-corrected chi connectivity index (χ1v) is 15.3. The van der Waals surface area contributed by atoms with E-state index in [0.717, 1.165) is 70.8 Å². The third kappa shape index (κ3) is 4.99. The van der Waals surface area contributed by atoms with Gasteiger partial charge in [-0.15, -0.1) is 0 Å². The lowest BCUT2D eigenvalue weighted by atomic mass is 9.44. The van der Waals surface area contributed by atoms with Crippen molar-refractivity contribution in [1.82, 2.24) is 9.80 Å². The molecule has 5 fully saturated rings. The second-order valence-corrected chi connectivity index (χ2v) is 14.3. The maximum atomic E-state index is 13.1. The van der Waals surface area contributed by atoms with E-state index < -0.39 is 17.3 Å². The molecule has 1 aliphatic heterocycles. The summed E-state index contributed by atoms with van der Waals surface area (Å²) in [6, 6.07) is 5.66. The Bertz CT molecular complexity index is 1090. The van der Waals surface area contributed by atoms with Crippen molar-refractivity contribution in [2.75, 3.05) is 32.7 Å². The van der Waals surface area contributed by atoms with E-state index in [9.17, 15) is 23.1 Å². The molecule has 1 N–H and O–H groups in total. The molecule has 0 aromatic heterocycles. The number of hydrogen-bond donors (Lipinski definition) is 1. The summed E-state index contributed by atoms with van der Waals surface area (Å²) in [5.41, 5.74) is -0.358. The van der Waals surface area contributed by atoms with Gasteiger partial charge >= 0.3 is 6.18 Å². The topological polar surface area (TPSA) is 43.8 Å². The molecule has 2 unspecified atom stereocenters. The average molecular weight is 547 g/mol. The highest BCUT2D eigenvalue weighted by molar-refractivity contribution is 5.87. The number of β-amino-alcohol motifs (C(OH)–C–C–N with tert-alkyl or cyclic N) is 1. The standard InChI is InChI=1S/C32H45F3N2O2/c1-29-12-13-31(39,19-24(29)6-7-25-26-8-9-28(38)30(26,2)11-10-27(25)29)21-37-16-14-36(15-17-37)20-22-4-3-5-23(18-22)32(33,34)35/h3-5,18,24-27,39H,6-17,19-21H2,1-2H3/t24?,25-,26-,27+,29-,30-,31?/m0/s1. The summed E-state index contributed by atoms with van der Waals surface area (Å²) >= 11 is 0. The second-order valence-electron chi connectivity index (χ2n) is 14.3. The van der Waals surface area contributed by atoms with Crippen LogP contribution in [0.5, 0.6) is 0 Å². The van der Waals surface area contributed by atoms with Crippen LogP contribution in [-0.4, -0.2) is 59.0 Å². The SMILES string of the molecule is C[C@]12CCC(O)(CN3CCN(Cc4cccc(C(F)(F)F)c4)CC3)CC1CC[C@@H]1[C@H]2CC[C@]2(C)C(=O)CC[C@@H]12. The maximum absolute atomic E-state index is 13.1. The molecule has 4 nitrogen and oxygen atoms in total. The van der Waals surface area contributed by atoms with Gasteiger partial charge in [-0.05, 0) is 92.1 Å². The normalized spacial score (nSPS) is 41.6. The van der Waals surface area contributed by atoms with E-state index in [0.29, 0.717) is 48.1 Å². The molecule has 39 heavy (non-hydrogen) atoms. The van der Waals surface area contributed by atoms with E-state index in [2.05, 4.69) is 23.6 Å². The molecule has 216 valence electrons. The monoisotopic (exact) mass is 546 g/mol. The van der Waals surface area contributed by atoms with Crippen LogP contribution in [0.4, 0.5) is 13.2 Å². The predicted molar refractivity (Wildman–Crippen MR) is 145 cm³/mol. The molecule has 0 spiro atoms. The summed E-state index contributed by atoms with van der Waals surface area (Å²) in [6.07, 6.45) is 4.94. The van der Waals surface area contributed by atoms with Crippen LogP contribution >= 0.6 is 0 Å². The van der Waals surface area contributed by atoms with Crippen molar-refractivity contribution in [3.63, 3.8) is 0 Å². The Labute approximate surface area is 231 Å². The number of ketones is 1. The molecule has 1 saturated heterocycles. The quantitative estimate of drug-likeness (QED) is 0.491. The van der Waals surface area contributed by atoms with E-state index in [4.69, 9.17) is 0 Å². The van der Waals surface area contributed by atoms with Crippen LogP contribution in [0.2, 0.25) is 0 Å². The van der Waals surface area contributed by atoms with Crippen molar-refractivity contribution in [1.29, 1.82) is 0 Å². The minimum absolute atomic E-state index is 0.0803. The number of carbonyl (C=O) groups is 1. The minimum atomic E-state index is -4.31. The largest absolute Gasteiger partial charge is 0.416 e. The van der Waals surface area contributed by atoms with E-state index in [1.807, 2.05) is 0 Å². The van der Waals surface area contributed by atoms with Crippen LogP contribution in [0.25, 0.3) is 0 Å². The molecule has 1 aromatic carbocycles. The molecule has 7 atom stereocenters. The highest BCUT2D eigenvalue weighted by Crippen LogP contribution is 2.66. The third-order valence-electron chi connectivity index (χ3n) is 12.2. The summed E-state index contributed by atoms with van der Waals surface area (Å²) in [5, 5.41) is 11.8. The van der Waals surface area contributed by atoms with Gasteiger partial charge in [-0.2, -0.15) is 13.2 Å². The van der Waals surface area contributed by atoms with Gasteiger partial charge in [0.05, 0.1) is 11.2 Å². The van der Waals surface area contributed by atoms with Gasteiger partial charge in [-0.25, -0.2) is 0 Å². The number of benzene rings is 1. The Hall–Kier alpha value is -1.44. The Balaban J connectivity index is 1.04. The van der Waals surface area contributed by atoms with Crippen LogP contribution in [-0.2, 0) is 17.5 Å². The summed E-state index contributed by atoms with van der Waals surface area (Å²) in [4.78, 5) is 17.3. The molecule has 6 rings (SSSR count). The number of carbonyl (C=O) groups excluding carboxylic acids is 1. The van der Waals surface area contributed by atoms with Crippen molar-refractivity contribution < 1.29 is 23.1 Å². The molecular formula is C32H45F3N2O2. The summed E-state index contributed by atoms with van der Waals surface area (Å²) < 4.78 is 39.3. The molecular weight excluding hydrogens is 501 g/mol. The molecule has 1 heterocycles. The molecule has 0 radical (unpaired) electrons. The van der Waals surface area contributed by atoms with E-state index in [-0.39, 0.29) is 10.8 Å². The van der Waals surface area contributed by atoms with Crippen molar-refractivity contribution in [2.45, 2.75) is 90.0 Å². The van der Waals surface area contributed by atoms with Gasteiger partial charge in [0, 0.05) is 51.1 Å². The first-order chi connectivity index (χ1) is 18.4. The van der Waals surface area contributed by atoms with Gasteiger partial charge in [0.15, 0.2) is 0 Å². The van der Waals surface area contributed by atoms with Gasteiger partial charge in [0.2, 0.25) is 0 Å². The number of aliphatic hydroxyl groups is 1. The Morgan fingerprint density at radius 2 is 1.69 bits per heavy atom. The second kappa shape index (κ2) is 9.84.